The van der Waals surface area contributed by atoms with Crippen molar-refractivity contribution < 1.29 is 14.5 Å². The van der Waals surface area contributed by atoms with Crippen LogP contribution in [0.1, 0.15) is 45.0 Å². The molecule has 0 saturated carbocycles. The normalized spacial score (nSPS) is 11.6. The number of carbonyl (C=O) groups excluding carboxylic acids is 1. The molecule has 0 fully saturated rings. The van der Waals surface area contributed by atoms with Crippen LogP contribution < -0.4 is 0 Å². The molecule has 1 heterocycles. The molecule has 134 valence electrons. The standard InChI is InChI=1S/C18H23N3O4/c1-13(2)16-19-8-9-20(16)10-11-25-17(22)18(3,4)14-6-5-7-15(12-14)21(23)24/h5-9,12-13H,10-11H2,1-4H3. The number of nitrogens with zero attached hydrogens (tertiary/aromatic N) is 3. The maximum Gasteiger partial charge on any atom is 0.316 e. The molecule has 0 N–H and O–H groups in total. The van der Waals surface area contributed by atoms with Gasteiger partial charge in [0.05, 0.1) is 16.9 Å². The lowest BCUT2D eigenvalue weighted by molar-refractivity contribution is -0.384. The Hall–Kier alpha value is -2.70. The molecule has 0 unspecified atom stereocenters. The molecule has 2 aromatic rings. The van der Waals surface area contributed by atoms with E-state index in [1.165, 1.54) is 12.1 Å². The first kappa shape index (κ1) is 18.6. The molecule has 0 aliphatic carbocycles. The van der Waals surface area contributed by atoms with E-state index in [0.29, 0.717) is 12.1 Å². The summed E-state index contributed by atoms with van der Waals surface area (Å²) in [5.41, 5.74) is -0.461. The Morgan fingerprint density at radius 3 is 2.76 bits per heavy atom. The van der Waals surface area contributed by atoms with E-state index in [1.54, 1.807) is 32.2 Å². The van der Waals surface area contributed by atoms with Gasteiger partial charge in [0.25, 0.3) is 5.69 Å². The van der Waals surface area contributed by atoms with Crippen molar-refractivity contribution >= 4 is 11.7 Å². The zero-order chi connectivity index (χ0) is 18.6. The minimum Gasteiger partial charge on any atom is -0.463 e. The maximum absolute atomic E-state index is 12.5. The van der Waals surface area contributed by atoms with E-state index in [9.17, 15) is 14.9 Å². The van der Waals surface area contributed by atoms with Crippen LogP contribution in [0.15, 0.2) is 36.7 Å². The predicted octanol–water partition coefficient (Wildman–Crippen LogP) is 3.44. The van der Waals surface area contributed by atoms with Gasteiger partial charge in [-0.15, -0.1) is 0 Å². The van der Waals surface area contributed by atoms with Gasteiger partial charge in [0.1, 0.15) is 12.4 Å². The number of ether oxygens (including phenoxy) is 1. The van der Waals surface area contributed by atoms with Gasteiger partial charge in [-0.3, -0.25) is 14.9 Å². The molecule has 0 radical (unpaired) electrons. The number of non-ortho nitro benzene ring substituents is 1. The lowest BCUT2D eigenvalue weighted by atomic mass is 9.84. The minimum absolute atomic E-state index is 0.0432. The van der Waals surface area contributed by atoms with Crippen molar-refractivity contribution in [1.29, 1.82) is 0 Å². The highest BCUT2D eigenvalue weighted by molar-refractivity contribution is 5.82. The smallest absolute Gasteiger partial charge is 0.316 e. The number of aromatic nitrogens is 2. The summed E-state index contributed by atoms with van der Waals surface area (Å²) in [6.07, 6.45) is 3.58. The van der Waals surface area contributed by atoms with Crippen LogP contribution >= 0.6 is 0 Å². The van der Waals surface area contributed by atoms with E-state index in [2.05, 4.69) is 18.8 Å². The number of nitro benzene ring substituents is 1. The summed E-state index contributed by atoms with van der Waals surface area (Å²) in [7, 11) is 0. The molecule has 25 heavy (non-hydrogen) atoms. The van der Waals surface area contributed by atoms with Crippen molar-refractivity contribution in [3.8, 4) is 0 Å². The van der Waals surface area contributed by atoms with Gasteiger partial charge in [0.2, 0.25) is 0 Å². The van der Waals surface area contributed by atoms with Gasteiger partial charge in [-0.25, -0.2) is 4.98 Å². The third-order valence-corrected chi connectivity index (χ3v) is 4.12. The van der Waals surface area contributed by atoms with Crippen LogP contribution in [0, 0.1) is 10.1 Å². The van der Waals surface area contributed by atoms with E-state index in [-0.39, 0.29) is 18.2 Å². The van der Waals surface area contributed by atoms with E-state index < -0.39 is 16.3 Å². The molecule has 0 spiro atoms. The van der Waals surface area contributed by atoms with Crippen molar-refractivity contribution in [2.75, 3.05) is 6.61 Å². The van der Waals surface area contributed by atoms with Crippen molar-refractivity contribution in [1.82, 2.24) is 9.55 Å². The molecular weight excluding hydrogens is 322 g/mol. The van der Waals surface area contributed by atoms with Crippen LogP contribution in [0.4, 0.5) is 5.69 Å². The molecule has 7 nitrogen and oxygen atoms in total. The average molecular weight is 345 g/mol. The van der Waals surface area contributed by atoms with Crippen molar-refractivity contribution in [3.05, 3.63) is 58.2 Å². The van der Waals surface area contributed by atoms with Crippen LogP contribution in [0.3, 0.4) is 0 Å². The van der Waals surface area contributed by atoms with Crippen molar-refractivity contribution in [3.63, 3.8) is 0 Å². The first-order chi connectivity index (χ1) is 11.7. The molecule has 7 heteroatoms. The van der Waals surface area contributed by atoms with E-state index in [4.69, 9.17) is 4.74 Å². The fourth-order valence-corrected chi connectivity index (χ4v) is 2.55. The Balaban J connectivity index is 2.03. The zero-order valence-corrected chi connectivity index (χ0v) is 14.9. The number of imidazole rings is 1. The van der Waals surface area contributed by atoms with Gasteiger partial charge in [-0.2, -0.15) is 0 Å². The molecule has 0 aliphatic rings. The lowest BCUT2D eigenvalue weighted by Gasteiger charge is -2.23. The quantitative estimate of drug-likeness (QED) is 0.436. The van der Waals surface area contributed by atoms with Crippen LogP contribution in [-0.4, -0.2) is 27.1 Å². The summed E-state index contributed by atoms with van der Waals surface area (Å²) in [6, 6.07) is 6.08. The monoisotopic (exact) mass is 345 g/mol. The molecule has 1 aromatic heterocycles. The van der Waals surface area contributed by atoms with Crippen LogP contribution in [0.2, 0.25) is 0 Å². The largest absolute Gasteiger partial charge is 0.463 e. The molecule has 2 rings (SSSR count). The summed E-state index contributed by atoms with van der Waals surface area (Å²) < 4.78 is 7.37. The summed E-state index contributed by atoms with van der Waals surface area (Å²) in [5, 5.41) is 10.9. The Labute approximate surface area is 146 Å². The van der Waals surface area contributed by atoms with Crippen LogP contribution in [0.25, 0.3) is 0 Å². The number of benzene rings is 1. The highest BCUT2D eigenvalue weighted by Crippen LogP contribution is 2.27. The predicted molar refractivity (Wildman–Crippen MR) is 93.4 cm³/mol. The maximum atomic E-state index is 12.5. The lowest BCUT2D eigenvalue weighted by Crippen LogP contribution is -2.32. The molecule has 0 saturated heterocycles. The second-order valence-corrected chi connectivity index (χ2v) is 6.70. The third kappa shape index (κ3) is 4.23. The second-order valence-electron chi connectivity index (χ2n) is 6.70. The second kappa shape index (κ2) is 7.46. The number of hydrogen-bond donors (Lipinski definition) is 0. The number of hydrogen-bond acceptors (Lipinski definition) is 5. The van der Waals surface area contributed by atoms with E-state index >= 15 is 0 Å². The van der Waals surface area contributed by atoms with Gasteiger partial charge < -0.3 is 9.30 Å². The fraction of sp³-hybridized carbons (Fsp3) is 0.444. The SMILES string of the molecule is CC(C)c1nccn1CCOC(=O)C(C)(C)c1cccc([N+](=O)[O-])c1. The highest BCUT2D eigenvalue weighted by Gasteiger charge is 2.32. The van der Waals surface area contributed by atoms with Gasteiger partial charge in [-0.1, -0.05) is 26.0 Å². The minimum atomic E-state index is -0.970. The van der Waals surface area contributed by atoms with Gasteiger partial charge >= 0.3 is 5.97 Å². The molecular formula is C18H23N3O4. The average Bonchev–Trinajstić information content (AvgIpc) is 3.03. The van der Waals surface area contributed by atoms with Gasteiger partial charge in [0, 0.05) is 30.4 Å². The molecule has 0 amide bonds. The summed E-state index contributed by atoms with van der Waals surface area (Å²) in [4.78, 5) is 27.2. The summed E-state index contributed by atoms with van der Waals surface area (Å²) in [6.45, 7) is 8.24. The number of carbonyl (C=O) groups is 1. The Morgan fingerprint density at radius 2 is 2.12 bits per heavy atom. The van der Waals surface area contributed by atoms with Gasteiger partial charge in [-0.05, 0) is 19.4 Å². The molecule has 1 aromatic carbocycles. The molecule has 0 bridgehead atoms. The van der Waals surface area contributed by atoms with Crippen LogP contribution in [-0.2, 0) is 21.5 Å². The van der Waals surface area contributed by atoms with Crippen LogP contribution in [0.5, 0.6) is 0 Å². The third-order valence-electron chi connectivity index (χ3n) is 4.12. The number of esters is 1. The Kier molecular flexibility index (Phi) is 5.56. The van der Waals surface area contributed by atoms with Crippen molar-refractivity contribution in [2.24, 2.45) is 0 Å². The van der Waals surface area contributed by atoms with E-state index in [1.807, 2.05) is 10.8 Å². The molecule has 0 aliphatic heterocycles. The topological polar surface area (TPSA) is 87.3 Å². The Morgan fingerprint density at radius 1 is 1.40 bits per heavy atom. The zero-order valence-electron chi connectivity index (χ0n) is 14.9. The summed E-state index contributed by atoms with van der Waals surface area (Å²) >= 11 is 0. The van der Waals surface area contributed by atoms with Gasteiger partial charge in [0.15, 0.2) is 0 Å². The van der Waals surface area contributed by atoms with Crippen molar-refractivity contribution in [2.45, 2.75) is 45.6 Å². The molecule has 0 atom stereocenters. The first-order valence-corrected chi connectivity index (χ1v) is 8.16. The number of rotatable bonds is 7. The highest BCUT2D eigenvalue weighted by atomic mass is 16.6. The number of nitro groups is 1. The van der Waals surface area contributed by atoms with E-state index in [0.717, 1.165) is 5.82 Å². The summed E-state index contributed by atoms with van der Waals surface area (Å²) in [5.74, 6) is 0.806. The fourth-order valence-electron chi connectivity index (χ4n) is 2.55. The Bertz CT molecular complexity index is 765. The first-order valence-electron chi connectivity index (χ1n) is 8.16.